The van der Waals surface area contributed by atoms with E-state index in [2.05, 4.69) is 0 Å². The molecule has 4 N–H and O–H groups in total. The third-order valence-electron chi connectivity index (χ3n) is 1.71. The molecule has 0 spiro atoms. The van der Waals surface area contributed by atoms with Crippen LogP contribution >= 0.6 is 0 Å². The Labute approximate surface area is 80.6 Å². The van der Waals surface area contributed by atoms with Gasteiger partial charge in [0.25, 0.3) is 0 Å². The summed E-state index contributed by atoms with van der Waals surface area (Å²) in [5, 5.41) is 0. The number of rotatable bonds is 3. The molecule has 0 saturated carbocycles. The van der Waals surface area contributed by atoms with Crippen LogP contribution in [0.5, 0.6) is 0 Å². The van der Waals surface area contributed by atoms with Gasteiger partial charge in [-0.05, 0) is 24.6 Å². The van der Waals surface area contributed by atoms with E-state index in [-0.39, 0.29) is 0 Å². The predicted octanol–water partition coefficient (Wildman–Crippen LogP) is 1.37. The molecule has 0 fully saturated rings. The van der Waals surface area contributed by atoms with Crippen molar-refractivity contribution in [3.05, 3.63) is 18.2 Å². The molecule has 0 amide bonds. The zero-order valence-corrected chi connectivity index (χ0v) is 8.43. The zero-order valence-electron chi connectivity index (χ0n) is 7.62. The summed E-state index contributed by atoms with van der Waals surface area (Å²) in [6.07, 6.45) is 0.900. The van der Waals surface area contributed by atoms with Gasteiger partial charge < -0.3 is 11.5 Å². The maximum atomic E-state index is 11.5. The molecule has 1 aromatic rings. The average Bonchev–Trinajstić information content (AvgIpc) is 2.10. The van der Waals surface area contributed by atoms with Crippen LogP contribution in [-0.4, -0.2) is 9.96 Å². The van der Waals surface area contributed by atoms with Gasteiger partial charge in [-0.15, -0.1) is 0 Å². The fourth-order valence-corrected chi connectivity index (χ4v) is 2.08. The lowest BCUT2D eigenvalue weighted by Crippen LogP contribution is -2.00. The van der Waals surface area contributed by atoms with E-state index in [1.165, 1.54) is 0 Å². The summed E-state index contributed by atoms with van der Waals surface area (Å²) in [5.74, 6) is 0.670. The molecule has 0 radical (unpaired) electrons. The highest BCUT2D eigenvalue weighted by molar-refractivity contribution is 7.85. The van der Waals surface area contributed by atoms with Crippen molar-refractivity contribution in [1.82, 2.24) is 0 Å². The van der Waals surface area contributed by atoms with Gasteiger partial charge in [0.15, 0.2) is 0 Å². The van der Waals surface area contributed by atoms with E-state index in [0.717, 1.165) is 11.3 Å². The van der Waals surface area contributed by atoms with Crippen LogP contribution in [0, 0.1) is 0 Å². The number of hydrogen-bond acceptors (Lipinski definition) is 3. The van der Waals surface area contributed by atoms with E-state index in [4.69, 9.17) is 11.5 Å². The highest BCUT2D eigenvalue weighted by Gasteiger charge is 2.03. The molecule has 0 heterocycles. The maximum Gasteiger partial charge on any atom is 0.0559 e. The lowest BCUT2D eigenvalue weighted by Gasteiger charge is -2.03. The van der Waals surface area contributed by atoms with E-state index in [1.807, 2.05) is 6.92 Å². The largest absolute Gasteiger partial charge is 0.397 e. The summed E-state index contributed by atoms with van der Waals surface area (Å²) in [4.78, 5) is 0.758. The second kappa shape index (κ2) is 4.28. The molecule has 72 valence electrons. The van der Waals surface area contributed by atoms with E-state index < -0.39 is 10.8 Å². The predicted molar refractivity (Wildman–Crippen MR) is 56.8 cm³/mol. The molecule has 1 atom stereocenters. The number of hydrogen-bond donors (Lipinski definition) is 2. The van der Waals surface area contributed by atoms with Gasteiger partial charge in [-0.1, -0.05) is 6.92 Å². The number of anilines is 2. The molecule has 0 aliphatic carbocycles. The first-order valence-corrected chi connectivity index (χ1v) is 5.50. The first kappa shape index (κ1) is 10.1. The van der Waals surface area contributed by atoms with E-state index >= 15 is 0 Å². The molecule has 0 aliphatic rings. The molecule has 13 heavy (non-hydrogen) atoms. The summed E-state index contributed by atoms with van der Waals surface area (Å²) in [6.45, 7) is 2.00. The summed E-state index contributed by atoms with van der Waals surface area (Å²) < 4.78 is 11.5. The van der Waals surface area contributed by atoms with Crippen molar-refractivity contribution >= 4 is 22.2 Å². The van der Waals surface area contributed by atoms with Gasteiger partial charge in [0.1, 0.15) is 0 Å². The Morgan fingerprint density at radius 3 is 2.54 bits per heavy atom. The third-order valence-corrected chi connectivity index (χ3v) is 3.27. The fourth-order valence-electron chi connectivity index (χ4n) is 0.998. The van der Waals surface area contributed by atoms with Gasteiger partial charge >= 0.3 is 0 Å². The van der Waals surface area contributed by atoms with Crippen LogP contribution < -0.4 is 11.5 Å². The van der Waals surface area contributed by atoms with E-state index in [0.29, 0.717) is 17.1 Å². The number of nitrogen functional groups attached to an aromatic ring is 2. The molecule has 1 rings (SSSR count). The Kier molecular flexibility index (Phi) is 3.31. The van der Waals surface area contributed by atoms with Crippen LogP contribution in [0.1, 0.15) is 13.3 Å². The molecule has 1 unspecified atom stereocenters. The van der Waals surface area contributed by atoms with Crippen molar-refractivity contribution < 1.29 is 4.21 Å². The molecule has 4 heteroatoms. The minimum Gasteiger partial charge on any atom is -0.397 e. The second-order valence-corrected chi connectivity index (χ2v) is 4.41. The van der Waals surface area contributed by atoms with Crippen LogP contribution in [0.4, 0.5) is 11.4 Å². The Morgan fingerprint density at radius 2 is 2.00 bits per heavy atom. The molecular formula is C9H14N2OS. The third kappa shape index (κ3) is 2.45. The van der Waals surface area contributed by atoms with Crippen molar-refractivity contribution in [1.29, 1.82) is 0 Å². The normalized spacial score (nSPS) is 12.7. The summed E-state index contributed by atoms with van der Waals surface area (Å²) >= 11 is 0. The van der Waals surface area contributed by atoms with Gasteiger partial charge in [-0.25, -0.2) is 0 Å². The molecule has 0 aromatic heterocycles. The van der Waals surface area contributed by atoms with Crippen molar-refractivity contribution in [3.8, 4) is 0 Å². The van der Waals surface area contributed by atoms with Crippen molar-refractivity contribution in [2.75, 3.05) is 17.2 Å². The van der Waals surface area contributed by atoms with Gasteiger partial charge in [-0.2, -0.15) is 0 Å². The first-order valence-electron chi connectivity index (χ1n) is 4.18. The summed E-state index contributed by atoms with van der Waals surface area (Å²) in [7, 11) is -0.938. The monoisotopic (exact) mass is 198 g/mol. The minimum atomic E-state index is -0.938. The van der Waals surface area contributed by atoms with Crippen LogP contribution in [0.25, 0.3) is 0 Å². The molecule has 0 saturated heterocycles. The summed E-state index contributed by atoms with van der Waals surface area (Å²) in [5.41, 5.74) is 12.2. The van der Waals surface area contributed by atoms with Gasteiger partial charge in [-0.3, -0.25) is 4.21 Å². The van der Waals surface area contributed by atoms with Crippen molar-refractivity contribution in [2.24, 2.45) is 0 Å². The smallest absolute Gasteiger partial charge is 0.0559 e. The van der Waals surface area contributed by atoms with Gasteiger partial charge in [0.2, 0.25) is 0 Å². The highest BCUT2D eigenvalue weighted by atomic mass is 32.2. The molecular weight excluding hydrogens is 184 g/mol. The molecule has 0 bridgehead atoms. The number of benzene rings is 1. The van der Waals surface area contributed by atoms with Crippen LogP contribution in [-0.2, 0) is 10.8 Å². The van der Waals surface area contributed by atoms with Crippen LogP contribution in [0.3, 0.4) is 0 Å². The standard InChI is InChI=1S/C9H14N2OS/c1-2-5-13(12)7-3-4-8(10)9(11)6-7/h3-4,6H,2,5,10-11H2,1H3. The molecule has 3 nitrogen and oxygen atoms in total. The average molecular weight is 198 g/mol. The quantitative estimate of drug-likeness (QED) is 0.721. The second-order valence-electron chi connectivity index (χ2n) is 2.84. The van der Waals surface area contributed by atoms with Crippen LogP contribution in [0.15, 0.2) is 23.1 Å². The lowest BCUT2D eigenvalue weighted by atomic mass is 10.3. The van der Waals surface area contributed by atoms with Crippen molar-refractivity contribution in [3.63, 3.8) is 0 Å². The fraction of sp³-hybridized carbons (Fsp3) is 0.333. The first-order chi connectivity index (χ1) is 6.15. The highest BCUT2D eigenvalue weighted by Crippen LogP contribution is 2.18. The number of nitrogens with two attached hydrogens (primary N) is 2. The zero-order chi connectivity index (χ0) is 9.84. The Hall–Kier alpha value is -1.03. The van der Waals surface area contributed by atoms with E-state index in [1.54, 1.807) is 18.2 Å². The lowest BCUT2D eigenvalue weighted by molar-refractivity contribution is 0.682. The maximum absolute atomic E-state index is 11.5. The van der Waals surface area contributed by atoms with Gasteiger partial charge in [0.05, 0.1) is 22.2 Å². The SMILES string of the molecule is CCCS(=O)c1ccc(N)c(N)c1. The van der Waals surface area contributed by atoms with Gasteiger partial charge in [0, 0.05) is 10.6 Å². The van der Waals surface area contributed by atoms with E-state index in [9.17, 15) is 4.21 Å². The summed E-state index contributed by atoms with van der Waals surface area (Å²) in [6, 6.07) is 5.14. The van der Waals surface area contributed by atoms with Crippen LogP contribution in [0.2, 0.25) is 0 Å². The Balaban J connectivity index is 2.90. The Morgan fingerprint density at radius 1 is 1.31 bits per heavy atom. The topological polar surface area (TPSA) is 69.1 Å². The van der Waals surface area contributed by atoms with Crippen molar-refractivity contribution in [2.45, 2.75) is 18.2 Å². The Bertz CT molecular complexity index is 325. The molecule has 1 aromatic carbocycles. The minimum absolute atomic E-state index is 0.502. The molecule has 0 aliphatic heterocycles.